The SMILES string of the molecule is CC(NS(C)(=O)=O)C(=O)N[C@@H](CC1CCC1)B1O[C@@H]2C[C@@H]3C[C@@H](C3(C)C)[C@]2(C)O1. The molecule has 5 fully saturated rings. The number of nitrogens with one attached hydrogen (secondary N) is 2. The van der Waals surface area contributed by atoms with E-state index in [2.05, 4.69) is 30.8 Å². The van der Waals surface area contributed by atoms with E-state index in [1.165, 1.54) is 12.8 Å². The molecule has 1 aliphatic heterocycles. The molecule has 9 heteroatoms. The standard InChI is InChI=1S/C20H35BN2O5S/c1-12(23-29(5,25)26)18(24)22-17(9-13-7-6-8-13)21-27-16-11-14-10-15(19(14,2)3)20(16,4)28-21/h12-17,23H,6-11H2,1-5H3,(H,22,24)/t12?,14-,15-,16+,17-,20-/m0/s1. The molecule has 29 heavy (non-hydrogen) atoms. The van der Waals surface area contributed by atoms with Crippen LogP contribution in [0.15, 0.2) is 0 Å². The van der Waals surface area contributed by atoms with Crippen molar-refractivity contribution in [3.05, 3.63) is 0 Å². The lowest BCUT2D eigenvalue weighted by Gasteiger charge is -2.64. The number of hydrogen-bond donors (Lipinski definition) is 2. The van der Waals surface area contributed by atoms with Crippen LogP contribution < -0.4 is 10.0 Å². The fraction of sp³-hybridized carbons (Fsp3) is 0.950. The largest absolute Gasteiger partial charge is 0.481 e. The number of amides is 1. The molecular weight excluding hydrogens is 391 g/mol. The molecule has 0 radical (unpaired) electrons. The van der Waals surface area contributed by atoms with Crippen LogP contribution in [0.2, 0.25) is 0 Å². The third-order valence-corrected chi connectivity index (χ3v) is 9.00. The molecule has 1 heterocycles. The van der Waals surface area contributed by atoms with Crippen molar-refractivity contribution < 1.29 is 22.5 Å². The summed E-state index contributed by atoms with van der Waals surface area (Å²) in [6, 6.07) is -0.833. The van der Waals surface area contributed by atoms with Crippen molar-refractivity contribution in [2.24, 2.45) is 23.2 Å². The average Bonchev–Trinajstić information content (AvgIpc) is 2.91. The molecule has 0 aromatic heterocycles. The zero-order valence-electron chi connectivity index (χ0n) is 18.2. The zero-order valence-corrected chi connectivity index (χ0v) is 19.1. The van der Waals surface area contributed by atoms with Gasteiger partial charge >= 0.3 is 7.12 Å². The third kappa shape index (κ3) is 3.88. The Morgan fingerprint density at radius 3 is 2.48 bits per heavy atom. The van der Waals surface area contributed by atoms with E-state index < -0.39 is 23.2 Å². The van der Waals surface area contributed by atoms with Gasteiger partial charge in [-0.15, -0.1) is 0 Å². The second-order valence-corrected chi connectivity index (χ2v) is 12.4. The number of rotatable bonds is 7. The molecule has 4 saturated carbocycles. The molecule has 1 saturated heterocycles. The molecule has 7 nitrogen and oxygen atoms in total. The number of carbonyl (C=O) groups is 1. The molecule has 1 unspecified atom stereocenters. The van der Waals surface area contributed by atoms with Crippen LogP contribution in [0.1, 0.15) is 66.2 Å². The summed E-state index contributed by atoms with van der Waals surface area (Å²) in [6.07, 6.45) is 7.67. The topological polar surface area (TPSA) is 93.7 Å². The predicted molar refractivity (Wildman–Crippen MR) is 111 cm³/mol. The van der Waals surface area contributed by atoms with E-state index in [1.54, 1.807) is 6.92 Å². The Kier molecular flexibility index (Phi) is 5.37. The first-order valence-electron chi connectivity index (χ1n) is 11.0. The van der Waals surface area contributed by atoms with Crippen LogP contribution >= 0.6 is 0 Å². The molecule has 6 atom stereocenters. The molecule has 0 aromatic carbocycles. The minimum atomic E-state index is -3.45. The van der Waals surface area contributed by atoms with Gasteiger partial charge in [-0.3, -0.25) is 4.79 Å². The summed E-state index contributed by atoms with van der Waals surface area (Å²) in [5.74, 6) is 1.10. The molecule has 0 spiro atoms. The minimum Gasteiger partial charge on any atom is -0.404 e. The van der Waals surface area contributed by atoms with Crippen molar-refractivity contribution in [3.63, 3.8) is 0 Å². The number of carbonyl (C=O) groups excluding carboxylic acids is 1. The van der Waals surface area contributed by atoms with Crippen LogP contribution in [0.3, 0.4) is 0 Å². The first-order chi connectivity index (χ1) is 13.4. The maximum absolute atomic E-state index is 12.7. The maximum Gasteiger partial charge on any atom is 0.481 e. The zero-order chi connectivity index (χ0) is 21.2. The number of sulfonamides is 1. The van der Waals surface area contributed by atoms with E-state index in [0.29, 0.717) is 17.8 Å². The highest BCUT2D eigenvalue weighted by molar-refractivity contribution is 7.88. The van der Waals surface area contributed by atoms with Crippen LogP contribution in [0.4, 0.5) is 0 Å². The van der Waals surface area contributed by atoms with Crippen molar-refractivity contribution in [2.75, 3.05) is 6.26 Å². The molecule has 2 N–H and O–H groups in total. The summed E-state index contributed by atoms with van der Waals surface area (Å²) in [5, 5.41) is 3.04. The minimum absolute atomic E-state index is 0.0663. The van der Waals surface area contributed by atoms with E-state index in [9.17, 15) is 13.2 Å². The molecule has 2 bridgehead atoms. The van der Waals surface area contributed by atoms with Crippen molar-refractivity contribution in [2.45, 2.75) is 89.9 Å². The summed E-state index contributed by atoms with van der Waals surface area (Å²) >= 11 is 0. The Morgan fingerprint density at radius 2 is 1.93 bits per heavy atom. The fourth-order valence-corrected chi connectivity index (χ4v) is 6.83. The highest BCUT2D eigenvalue weighted by atomic mass is 32.2. The smallest absolute Gasteiger partial charge is 0.404 e. The van der Waals surface area contributed by atoms with Gasteiger partial charge in [-0.25, -0.2) is 13.1 Å². The first-order valence-corrected chi connectivity index (χ1v) is 12.9. The van der Waals surface area contributed by atoms with Crippen molar-refractivity contribution >= 4 is 23.0 Å². The Balaban J connectivity index is 1.47. The van der Waals surface area contributed by atoms with Crippen molar-refractivity contribution in [1.29, 1.82) is 0 Å². The molecule has 5 rings (SSSR count). The molecule has 164 valence electrons. The molecule has 0 aromatic rings. The Morgan fingerprint density at radius 1 is 1.24 bits per heavy atom. The summed E-state index contributed by atoms with van der Waals surface area (Å²) in [6.45, 7) is 8.40. The van der Waals surface area contributed by atoms with E-state index in [4.69, 9.17) is 9.31 Å². The highest BCUT2D eigenvalue weighted by Gasteiger charge is 2.68. The Hall–Kier alpha value is -0.635. The lowest BCUT2D eigenvalue weighted by molar-refractivity contribution is -0.199. The van der Waals surface area contributed by atoms with Gasteiger partial charge in [-0.2, -0.15) is 0 Å². The van der Waals surface area contributed by atoms with Crippen LogP contribution in [0.5, 0.6) is 0 Å². The van der Waals surface area contributed by atoms with Gasteiger partial charge in [0.2, 0.25) is 15.9 Å². The third-order valence-electron chi connectivity index (χ3n) is 8.22. The fourth-order valence-electron chi connectivity index (χ4n) is 6.08. The lowest BCUT2D eigenvalue weighted by Crippen LogP contribution is -2.65. The highest BCUT2D eigenvalue weighted by Crippen LogP contribution is 2.65. The average molecular weight is 426 g/mol. The first kappa shape index (κ1) is 21.6. The summed E-state index contributed by atoms with van der Waals surface area (Å²) in [7, 11) is -3.93. The Labute approximate surface area is 175 Å². The van der Waals surface area contributed by atoms with Gasteiger partial charge in [0.1, 0.15) is 0 Å². The maximum atomic E-state index is 12.7. The number of hydrogen-bond acceptors (Lipinski definition) is 5. The Bertz CT molecular complexity index is 771. The quantitative estimate of drug-likeness (QED) is 0.607. The molecule has 5 aliphatic rings. The molecule has 4 aliphatic carbocycles. The monoisotopic (exact) mass is 426 g/mol. The van der Waals surface area contributed by atoms with E-state index in [0.717, 1.165) is 31.9 Å². The van der Waals surface area contributed by atoms with Gasteiger partial charge < -0.3 is 14.6 Å². The van der Waals surface area contributed by atoms with Crippen molar-refractivity contribution in [3.8, 4) is 0 Å². The van der Waals surface area contributed by atoms with Gasteiger partial charge in [0.05, 0.1) is 29.9 Å². The van der Waals surface area contributed by atoms with Gasteiger partial charge in [-0.1, -0.05) is 33.1 Å². The second kappa shape index (κ2) is 7.21. The van der Waals surface area contributed by atoms with Gasteiger partial charge in [0.25, 0.3) is 0 Å². The van der Waals surface area contributed by atoms with Gasteiger partial charge in [0.15, 0.2) is 0 Å². The molecular formula is C20H35BN2O5S. The second-order valence-electron chi connectivity index (χ2n) is 10.6. The van der Waals surface area contributed by atoms with E-state index >= 15 is 0 Å². The van der Waals surface area contributed by atoms with Crippen LogP contribution in [-0.2, 0) is 24.1 Å². The van der Waals surface area contributed by atoms with Crippen molar-refractivity contribution in [1.82, 2.24) is 10.0 Å². The predicted octanol–water partition coefficient (Wildman–Crippen LogP) is 1.87. The van der Waals surface area contributed by atoms with E-state index in [-0.39, 0.29) is 29.0 Å². The molecule has 1 amide bonds. The van der Waals surface area contributed by atoms with Crippen LogP contribution in [0, 0.1) is 23.2 Å². The summed E-state index contributed by atoms with van der Waals surface area (Å²) in [4.78, 5) is 12.7. The van der Waals surface area contributed by atoms with Gasteiger partial charge in [0, 0.05) is 0 Å². The normalized spacial score (nSPS) is 37.8. The van der Waals surface area contributed by atoms with Crippen LogP contribution in [-0.4, -0.2) is 51.4 Å². The van der Waals surface area contributed by atoms with E-state index in [1.807, 2.05) is 0 Å². The van der Waals surface area contributed by atoms with Crippen LogP contribution in [0.25, 0.3) is 0 Å². The van der Waals surface area contributed by atoms with Gasteiger partial charge in [-0.05, 0) is 56.3 Å². The summed E-state index contributed by atoms with van der Waals surface area (Å²) in [5.41, 5.74) is -0.0493. The lowest BCUT2D eigenvalue weighted by atomic mass is 9.43. The summed E-state index contributed by atoms with van der Waals surface area (Å²) < 4.78 is 38.3.